The van der Waals surface area contributed by atoms with Crippen LogP contribution in [-0.2, 0) is 11.3 Å². The number of rotatable bonds is 4. The quantitative estimate of drug-likeness (QED) is 0.878. The van der Waals surface area contributed by atoms with Gasteiger partial charge in [0.2, 0.25) is 0 Å². The number of hydrogen-bond acceptors (Lipinski definition) is 5. The van der Waals surface area contributed by atoms with E-state index in [1.54, 1.807) is 16.9 Å². The highest BCUT2D eigenvalue weighted by molar-refractivity contribution is 7.16. The standard InChI is InChI=1S/C13H15N3O3S/c1-4-16-7-9(6-14-16)11(17)15-12-10(13(18)19-3)5-8(2)20-12/h5-7H,4H2,1-3H3,(H,15,17). The van der Waals surface area contributed by atoms with E-state index < -0.39 is 5.97 Å². The summed E-state index contributed by atoms with van der Waals surface area (Å²) in [5, 5.41) is 7.26. The number of aromatic nitrogens is 2. The SMILES string of the molecule is CCn1cc(C(=O)Nc2sc(C)cc2C(=O)OC)cn1. The molecule has 1 amide bonds. The van der Waals surface area contributed by atoms with Gasteiger partial charge in [0, 0.05) is 17.6 Å². The zero-order valence-electron chi connectivity index (χ0n) is 11.5. The first-order chi connectivity index (χ1) is 9.55. The van der Waals surface area contributed by atoms with Crippen LogP contribution in [0.1, 0.15) is 32.5 Å². The zero-order valence-corrected chi connectivity index (χ0v) is 12.3. The minimum atomic E-state index is -0.464. The first-order valence-corrected chi connectivity index (χ1v) is 6.89. The predicted octanol–water partition coefficient (Wildman–Crippen LogP) is 2.31. The van der Waals surface area contributed by atoms with Gasteiger partial charge in [-0.05, 0) is 19.9 Å². The van der Waals surface area contributed by atoms with E-state index in [-0.39, 0.29) is 5.91 Å². The van der Waals surface area contributed by atoms with E-state index >= 15 is 0 Å². The van der Waals surface area contributed by atoms with Crippen molar-refractivity contribution in [2.75, 3.05) is 12.4 Å². The van der Waals surface area contributed by atoms with Crippen molar-refractivity contribution < 1.29 is 14.3 Å². The van der Waals surface area contributed by atoms with Crippen molar-refractivity contribution in [2.24, 2.45) is 0 Å². The van der Waals surface area contributed by atoms with E-state index in [1.807, 2.05) is 13.8 Å². The van der Waals surface area contributed by atoms with Crippen molar-refractivity contribution in [3.8, 4) is 0 Å². The number of anilines is 1. The lowest BCUT2D eigenvalue weighted by Gasteiger charge is -2.03. The van der Waals surface area contributed by atoms with Crippen LogP contribution in [0.15, 0.2) is 18.5 Å². The lowest BCUT2D eigenvalue weighted by atomic mass is 10.3. The van der Waals surface area contributed by atoms with Gasteiger partial charge in [-0.3, -0.25) is 9.48 Å². The summed E-state index contributed by atoms with van der Waals surface area (Å²) in [6, 6.07) is 1.70. The number of amides is 1. The summed E-state index contributed by atoms with van der Waals surface area (Å²) < 4.78 is 6.36. The van der Waals surface area contributed by atoms with Crippen LogP contribution >= 0.6 is 11.3 Å². The fourth-order valence-corrected chi connectivity index (χ4v) is 2.59. The smallest absolute Gasteiger partial charge is 0.340 e. The van der Waals surface area contributed by atoms with Crippen LogP contribution in [0.3, 0.4) is 0 Å². The summed E-state index contributed by atoms with van der Waals surface area (Å²) in [7, 11) is 1.31. The maximum absolute atomic E-state index is 12.1. The lowest BCUT2D eigenvalue weighted by Crippen LogP contribution is -2.13. The second-order valence-corrected chi connectivity index (χ2v) is 5.39. The highest BCUT2D eigenvalue weighted by Crippen LogP contribution is 2.28. The predicted molar refractivity (Wildman–Crippen MR) is 76.2 cm³/mol. The molecule has 106 valence electrons. The van der Waals surface area contributed by atoms with Gasteiger partial charge in [0.25, 0.3) is 5.91 Å². The Hall–Kier alpha value is -2.15. The topological polar surface area (TPSA) is 73.2 Å². The van der Waals surface area contributed by atoms with Crippen LogP contribution in [-0.4, -0.2) is 28.8 Å². The molecular weight excluding hydrogens is 278 g/mol. The number of thiophene rings is 1. The number of nitrogens with one attached hydrogen (secondary N) is 1. The minimum Gasteiger partial charge on any atom is -0.465 e. The molecule has 0 aliphatic carbocycles. The third kappa shape index (κ3) is 2.88. The Morgan fingerprint density at radius 2 is 2.25 bits per heavy atom. The van der Waals surface area contributed by atoms with Gasteiger partial charge in [-0.15, -0.1) is 11.3 Å². The van der Waals surface area contributed by atoms with Gasteiger partial charge in [0.05, 0.1) is 24.4 Å². The molecule has 0 spiro atoms. The monoisotopic (exact) mass is 293 g/mol. The van der Waals surface area contributed by atoms with Gasteiger partial charge in [0.1, 0.15) is 5.00 Å². The Bertz CT molecular complexity index is 645. The highest BCUT2D eigenvalue weighted by atomic mass is 32.1. The summed E-state index contributed by atoms with van der Waals surface area (Å²) in [5.41, 5.74) is 0.819. The molecule has 2 aromatic heterocycles. The molecule has 20 heavy (non-hydrogen) atoms. The fraction of sp³-hybridized carbons (Fsp3) is 0.308. The summed E-state index contributed by atoms with van der Waals surface area (Å²) in [6.07, 6.45) is 3.16. The normalized spacial score (nSPS) is 10.3. The average Bonchev–Trinajstić information content (AvgIpc) is 3.04. The molecular formula is C13H15N3O3S. The first kappa shape index (κ1) is 14.3. The Balaban J connectivity index is 2.21. The third-order valence-corrected chi connectivity index (χ3v) is 3.67. The van der Waals surface area contributed by atoms with Crippen LogP contribution in [0.4, 0.5) is 5.00 Å². The Morgan fingerprint density at radius 1 is 1.50 bits per heavy atom. The molecule has 0 fully saturated rings. The van der Waals surface area contributed by atoms with Gasteiger partial charge in [0.15, 0.2) is 0 Å². The van der Waals surface area contributed by atoms with Crippen LogP contribution in [0.5, 0.6) is 0 Å². The molecule has 1 N–H and O–H groups in total. The van der Waals surface area contributed by atoms with E-state index in [0.29, 0.717) is 22.7 Å². The van der Waals surface area contributed by atoms with Crippen molar-refractivity contribution in [3.63, 3.8) is 0 Å². The molecule has 2 aromatic rings. The highest BCUT2D eigenvalue weighted by Gasteiger charge is 2.18. The van der Waals surface area contributed by atoms with Crippen molar-refractivity contribution >= 4 is 28.2 Å². The average molecular weight is 293 g/mol. The molecule has 0 aliphatic heterocycles. The van der Waals surface area contributed by atoms with Crippen LogP contribution in [0.25, 0.3) is 0 Å². The van der Waals surface area contributed by atoms with Gasteiger partial charge >= 0.3 is 5.97 Å². The van der Waals surface area contributed by atoms with Crippen LogP contribution < -0.4 is 5.32 Å². The number of ether oxygens (including phenoxy) is 1. The molecule has 2 rings (SSSR count). The van der Waals surface area contributed by atoms with Gasteiger partial charge in [-0.2, -0.15) is 5.10 Å². The Kier molecular flexibility index (Phi) is 4.19. The molecule has 0 atom stereocenters. The number of esters is 1. The molecule has 0 aliphatic rings. The minimum absolute atomic E-state index is 0.295. The van der Waals surface area contributed by atoms with E-state index in [0.717, 1.165) is 4.88 Å². The molecule has 0 unspecified atom stereocenters. The number of hydrogen-bond donors (Lipinski definition) is 1. The van der Waals surface area contributed by atoms with E-state index in [4.69, 9.17) is 4.74 Å². The number of carbonyl (C=O) groups is 2. The molecule has 0 bridgehead atoms. The number of carbonyl (C=O) groups excluding carboxylic acids is 2. The van der Waals surface area contributed by atoms with Gasteiger partial charge in [-0.1, -0.05) is 0 Å². The zero-order chi connectivity index (χ0) is 14.7. The number of nitrogens with zero attached hydrogens (tertiary/aromatic N) is 2. The third-order valence-electron chi connectivity index (χ3n) is 2.71. The van der Waals surface area contributed by atoms with Crippen LogP contribution in [0, 0.1) is 6.92 Å². The van der Waals surface area contributed by atoms with E-state index in [1.165, 1.54) is 24.6 Å². The summed E-state index contributed by atoms with van der Waals surface area (Å²) in [6.45, 7) is 4.49. The van der Waals surface area contributed by atoms with Crippen molar-refractivity contribution in [1.29, 1.82) is 0 Å². The molecule has 6 nitrogen and oxygen atoms in total. The molecule has 0 radical (unpaired) electrons. The maximum Gasteiger partial charge on any atom is 0.340 e. The van der Waals surface area contributed by atoms with E-state index in [9.17, 15) is 9.59 Å². The van der Waals surface area contributed by atoms with Gasteiger partial charge < -0.3 is 10.1 Å². The maximum atomic E-state index is 12.1. The lowest BCUT2D eigenvalue weighted by molar-refractivity contribution is 0.0602. The van der Waals surface area contributed by atoms with Gasteiger partial charge in [-0.25, -0.2) is 4.79 Å². The van der Waals surface area contributed by atoms with E-state index in [2.05, 4.69) is 10.4 Å². The largest absolute Gasteiger partial charge is 0.465 e. The van der Waals surface area contributed by atoms with Crippen molar-refractivity contribution in [1.82, 2.24) is 9.78 Å². The molecule has 2 heterocycles. The molecule has 7 heteroatoms. The molecule has 0 saturated heterocycles. The first-order valence-electron chi connectivity index (χ1n) is 6.07. The second-order valence-electron chi connectivity index (χ2n) is 4.13. The Labute approximate surface area is 120 Å². The van der Waals surface area contributed by atoms with Crippen LogP contribution in [0.2, 0.25) is 0 Å². The summed E-state index contributed by atoms with van der Waals surface area (Å²) in [4.78, 5) is 24.7. The fourth-order valence-electron chi connectivity index (χ4n) is 1.70. The van der Waals surface area contributed by atoms with Crippen molar-refractivity contribution in [3.05, 3.63) is 34.5 Å². The second kappa shape index (κ2) is 5.87. The Morgan fingerprint density at radius 3 is 2.85 bits per heavy atom. The summed E-state index contributed by atoms with van der Waals surface area (Å²) in [5.74, 6) is -0.759. The molecule has 0 aromatic carbocycles. The summed E-state index contributed by atoms with van der Waals surface area (Å²) >= 11 is 1.33. The number of aryl methyl sites for hydroxylation is 2. The van der Waals surface area contributed by atoms with Crippen molar-refractivity contribution in [2.45, 2.75) is 20.4 Å². The number of methoxy groups -OCH3 is 1. The molecule has 0 saturated carbocycles.